The molecule has 0 aliphatic carbocycles. The highest BCUT2D eigenvalue weighted by atomic mass is 16.4. The molecule has 1 aromatic heterocycles. The summed E-state index contributed by atoms with van der Waals surface area (Å²) in [4.78, 5) is 19.9. The summed E-state index contributed by atoms with van der Waals surface area (Å²) in [5.41, 5.74) is 0. The summed E-state index contributed by atoms with van der Waals surface area (Å²) in [6.45, 7) is 0.738. The smallest absolute Gasteiger partial charge is 0.326 e. The van der Waals surface area contributed by atoms with Gasteiger partial charge in [0.2, 0.25) is 0 Å². The van der Waals surface area contributed by atoms with Gasteiger partial charge in [-0.3, -0.25) is 0 Å². The van der Waals surface area contributed by atoms with Gasteiger partial charge in [-0.25, -0.2) is 14.8 Å². The third kappa shape index (κ3) is 1.32. The van der Waals surface area contributed by atoms with Crippen molar-refractivity contribution in [3.05, 3.63) is 18.6 Å². The zero-order valence-corrected chi connectivity index (χ0v) is 6.84. The Morgan fingerprint density at radius 3 is 3.08 bits per heavy atom. The molecule has 1 atom stereocenters. The van der Waals surface area contributed by atoms with Gasteiger partial charge in [-0.2, -0.15) is 0 Å². The van der Waals surface area contributed by atoms with Crippen LogP contribution in [0.3, 0.4) is 0 Å². The number of hydrogen-bond acceptors (Lipinski definition) is 4. The van der Waals surface area contributed by atoms with Crippen molar-refractivity contribution in [2.45, 2.75) is 12.5 Å². The van der Waals surface area contributed by atoms with Gasteiger partial charge in [0.1, 0.15) is 11.9 Å². The van der Waals surface area contributed by atoms with E-state index in [1.165, 1.54) is 0 Å². The van der Waals surface area contributed by atoms with E-state index in [0.717, 1.165) is 6.54 Å². The molecule has 2 heterocycles. The molecule has 1 N–H and O–H groups in total. The molecule has 1 radical (unpaired) electrons. The molecule has 1 aromatic rings. The van der Waals surface area contributed by atoms with Crippen LogP contribution in [-0.2, 0) is 4.79 Å². The minimum atomic E-state index is -0.801. The van der Waals surface area contributed by atoms with Gasteiger partial charge < -0.3 is 10.0 Å². The highest BCUT2D eigenvalue weighted by molar-refractivity contribution is 5.79. The Balaban J connectivity index is 2.15. The molecule has 67 valence electrons. The lowest BCUT2D eigenvalue weighted by atomic mass is 10.0. The van der Waals surface area contributed by atoms with E-state index in [1.54, 1.807) is 17.2 Å². The SMILES string of the molecule is O=C(O)C1CCN1c1ccn[c]n1. The van der Waals surface area contributed by atoms with E-state index in [-0.39, 0.29) is 0 Å². The zero-order chi connectivity index (χ0) is 9.26. The molecule has 5 nitrogen and oxygen atoms in total. The second kappa shape index (κ2) is 3.01. The van der Waals surface area contributed by atoms with Crippen molar-refractivity contribution in [3.63, 3.8) is 0 Å². The minimum Gasteiger partial charge on any atom is -0.480 e. The molecule has 1 aliphatic heterocycles. The fraction of sp³-hybridized carbons (Fsp3) is 0.375. The molecule has 0 saturated carbocycles. The molecule has 1 saturated heterocycles. The third-order valence-electron chi connectivity index (χ3n) is 2.12. The molecule has 1 aliphatic rings. The molecule has 0 amide bonds. The first-order chi connectivity index (χ1) is 6.29. The summed E-state index contributed by atoms with van der Waals surface area (Å²) in [5, 5.41) is 8.77. The van der Waals surface area contributed by atoms with Crippen molar-refractivity contribution < 1.29 is 9.90 Å². The Kier molecular flexibility index (Phi) is 1.84. The van der Waals surface area contributed by atoms with E-state index < -0.39 is 12.0 Å². The summed E-state index contributed by atoms with van der Waals surface area (Å²) in [7, 11) is 0. The van der Waals surface area contributed by atoms with Gasteiger partial charge in [0.05, 0.1) is 0 Å². The van der Waals surface area contributed by atoms with Crippen molar-refractivity contribution >= 4 is 11.8 Å². The third-order valence-corrected chi connectivity index (χ3v) is 2.12. The summed E-state index contributed by atoms with van der Waals surface area (Å²) in [6.07, 6.45) is 4.67. The number of aliphatic carboxylic acids is 1. The second-order valence-corrected chi connectivity index (χ2v) is 2.85. The van der Waals surface area contributed by atoms with E-state index in [4.69, 9.17) is 5.11 Å². The first kappa shape index (κ1) is 7.97. The molecule has 1 fully saturated rings. The molecule has 1 unspecified atom stereocenters. The Morgan fingerprint density at radius 2 is 2.62 bits per heavy atom. The monoisotopic (exact) mass is 178 g/mol. The highest BCUT2D eigenvalue weighted by Crippen LogP contribution is 2.23. The molecule has 2 rings (SSSR count). The van der Waals surface area contributed by atoms with E-state index in [9.17, 15) is 4.79 Å². The van der Waals surface area contributed by atoms with Gasteiger partial charge in [-0.1, -0.05) is 0 Å². The van der Waals surface area contributed by atoms with Crippen LogP contribution in [0.1, 0.15) is 6.42 Å². The number of carbonyl (C=O) groups is 1. The van der Waals surface area contributed by atoms with E-state index >= 15 is 0 Å². The maximum Gasteiger partial charge on any atom is 0.326 e. The number of rotatable bonds is 2. The number of carboxylic acids is 1. The van der Waals surface area contributed by atoms with E-state index in [2.05, 4.69) is 16.3 Å². The normalized spacial score (nSPS) is 20.9. The standard InChI is InChI=1S/C8H8N3O2/c12-8(13)6-2-4-11(6)7-1-3-9-5-10-7/h1,3,6H,2,4H2,(H,12,13). The highest BCUT2D eigenvalue weighted by Gasteiger charge is 2.34. The second-order valence-electron chi connectivity index (χ2n) is 2.85. The maximum absolute atomic E-state index is 10.7. The van der Waals surface area contributed by atoms with Crippen molar-refractivity contribution in [3.8, 4) is 0 Å². The average molecular weight is 178 g/mol. The van der Waals surface area contributed by atoms with E-state index in [0.29, 0.717) is 12.2 Å². The Labute approximate surface area is 75.0 Å². The Bertz CT molecular complexity index is 314. The molecule has 0 spiro atoms. The molecule has 13 heavy (non-hydrogen) atoms. The largest absolute Gasteiger partial charge is 0.480 e. The van der Waals surface area contributed by atoms with Crippen LogP contribution in [0, 0.1) is 6.33 Å². The number of carboxylic acid groups (broad SMARTS) is 1. The van der Waals surface area contributed by atoms with Gasteiger partial charge in [0.15, 0.2) is 6.33 Å². The van der Waals surface area contributed by atoms with Crippen LogP contribution in [0.15, 0.2) is 12.3 Å². The Morgan fingerprint density at radius 1 is 1.77 bits per heavy atom. The van der Waals surface area contributed by atoms with Crippen LogP contribution in [0.5, 0.6) is 0 Å². The quantitative estimate of drug-likeness (QED) is 0.687. The van der Waals surface area contributed by atoms with Crippen LogP contribution < -0.4 is 4.90 Å². The minimum absolute atomic E-state index is 0.428. The molecule has 5 heteroatoms. The fourth-order valence-corrected chi connectivity index (χ4v) is 1.33. The van der Waals surface area contributed by atoms with Crippen LogP contribution >= 0.6 is 0 Å². The lowest BCUT2D eigenvalue weighted by Gasteiger charge is -2.38. The zero-order valence-electron chi connectivity index (χ0n) is 6.84. The molecule has 0 bridgehead atoms. The van der Waals surface area contributed by atoms with Crippen LogP contribution in [0.2, 0.25) is 0 Å². The molecule has 0 aromatic carbocycles. The lowest BCUT2D eigenvalue weighted by Crippen LogP contribution is -2.52. The van der Waals surface area contributed by atoms with Gasteiger partial charge in [-0.15, -0.1) is 0 Å². The number of aromatic nitrogens is 2. The van der Waals surface area contributed by atoms with Crippen LogP contribution in [-0.4, -0.2) is 33.6 Å². The van der Waals surface area contributed by atoms with Crippen LogP contribution in [0.25, 0.3) is 0 Å². The predicted octanol–water partition coefficient (Wildman–Crippen LogP) is -0.0599. The summed E-state index contributed by atoms with van der Waals surface area (Å²) < 4.78 is 0. The van der Waals surface area contributed by atoms with Crippen molar-refractivity contribution in [2.24, 2.45) is 0 Å². The van der Waals surface area contributed by atoms with Gasteiger partial charge in [-0.05, 0) is 12.5 Å². The van der Waals surface area contributed by atoms with Gasteiger partial charge in [0.25, 0.3) is 0 Å². The Hall–Kier alpha value is -1.65. The summed E-state index contributed by atoms with van der Waals surface area (Å²) >= 11 is 0. The van der Waals surface area contributed by atoms with Crippen molar-refractivity contribution in [1.82, 2.24) is 9.97 Å². The number of hydrogen-bond donors (Lipinski definition) is 1. The topological polar surface area (TPSA) is 66.3 Å². The number of nitrogens with zero attached hydrogens (tertiary/aromatic N) is 3. The fourth-order valence-electron chi connectivity index (χ4n) is 1.33. The maximum atomic E-state index is 10.7. The summed E-state index contributed by atoms with van der Waals surface area (Å²) in [5.74, 6) is -0.168. The predicted molar refractivity (Wildman–Crippen MR) is 44.3 cm³/mol. The van der Waals surface area contributed by atoms with Crippen LogP contribution in [0.4, 0.5) is 5.82 Å². The van der Waals surface area contributed by atoms with E-state index in [1.807, 2.05) is 0 Å². The van der Waals surface area contributed by atoms with Crippen molar-refractivity contribution in [1.29, 1.82) is 0 Å². The lowest BCUT2D eigenvalue weighted by molar-refractivity contribution is -0.140. The number of anilines is 1. The first-order valence-corrected chi connectivity index (χ1v) is 3.97. The average Bonchev–Trinajstić information content (AvgIpc) is 2.02. The summed E-state index contributed by atoms with van der Waals surface area (Å²) in [6, 6.07) is 1.26. The molecular formula is C8H8N3O2. The first-order valence-electron chi connectivity index (χ1n) is 3.97. The molecular weight excluding hydrogens is 170 g/mol. The van der Waals surface area contributed by atoms with Crippen molar-refractivity contribution in [2.75, 3.05) is 11.4 Å². The van der Waals surface area contributed by atoms with Gasteiger partial charge >= 0.3 is 5.97 Å². The van der Waals surface area contributed by atoms with Gasteiger partial charge in [0, 0.05) is 12.7 Å².